The van der Waals surface area contributed by atoms with Crippen molar-refractivity contribution in [2.24, 2.45) is 11.8 Å². The fourth-order valence-corrected chi connectivity index (χ4v) is 4.11. The fraction of sp³-hybridized carbons (Fsp3) is 0.647. The number of fused-ring (bicyclic) bond motifs is 3. The van der Waals surface area contributed by atoms with E-state index >= 15 is 0 Å². The molecule has 1 aromatic carbocycles. The Hall–Kier alpha value is -0.820. The first-order chi connectivity index (χ1) is 8.90. The van der Waals surface area contributed by atoms with Crippen molar-refractivity contribution in [1.82, 2.24) is 4.90 Å². The Balaban J connectivity index is 1.51. The minimum Gasteiger partial charge on any atom is -0.303 e. The molecule has 0 amide bonds. The van der Waals surface area contributed by atoms with Crippen molar-refractivity contribution >= 4 is 0 Å². The van der Waals surface area contributed by atoms with E-state index in [4.69, 9.17) is 0 Å². The van der Waals surface area contributed by atoms with Crippen molar-refractivity contribution in [2.75, 3.05) is 19.6 Å². The van der Waals surface area contributed by atoms with Crippen LogP contribution in [0.3, 0.4) is 0 Å². The molecule has 18 heavy (non-hydrogen) atoms. The van der Waals surface area contributed by atoms with E-state index in [2.05, 4.69) is 29.2 Å². The van der Waals surface area contributed by atoms with E-state index in [-0.39, 0.29) is 0 Å². The fourth-order valence-electron chi connectivity index (χ4n) is 4.11. The predicted octanol–water partition coefficient (Wildman–Crippen LogP) is 3.45. The smallest absolute Gasteiger partial charge is 0.00157 e. The number of nitrogens with zero attached hydrogens (tertiary/aromatic N) is 1. The van der Waals surface area contributed by atoms with E-state index in [1.807, 2.05) is 0 Å². The molecule has 1 heterocycles. The molecule has 0 N–H and O–H groups in total. The standard InChI is InChI=1S/C17H23N/c1-2-4-16-14(3-1)7-8-15-12-18(10-9-17(15)16)11-13-5-6-13/h1-4,13,15,17H,5-12H2/t15-,17+/m0/s1. The molecule has 0 bridgehead atoms. The minimum absolute atomic E-state index is 0.866. The summed E-state index contributed by atoms with van der Waals surface area (Å²) < 4.78 is 0. The van der Waals surface area contributed by atoms with Crippen molar-refractivity contribution in [1.29, 1.82) is 0 Å². The summed E-state index contributed by atoms with van der Waals surface area (Å²) in [6, 6.07) is 9.18. The van der Waals surface area contributed by atoms with Gasteiger partial charge in [0.1, 0.15) is 0 Å². The van der Waals surface area contributed by atoms with Crippen LogP contribution in [0.5, 0.6) is 0 Å². The predicted molar refractivity (Wildman–Crippen MR) is 74.8 cm³/mol. The SMILES string of the molecule is c1ccc2c(c1)CC[C@H]1CN(CC3CC3)CC[C@@H]21. The second-order valence-electron chi connectivity index (χ2n) is 6.60. The van der Waals surface area contributed by atoms with Crippen molar-refractivity contribution in [3.05, 3.63) is 35.4 Å². The van der Waals surface area contributed by atoms with Gasteiger partial charge in [0.15, 0.2) is 0 Å². The Morgan fingerprint density at radius 3 is 2.83 bits per heavy atom. The lowest BCUT2D eigenvalue weighted by Gasteiger charge is -2.42. The Kier molecular flexibility index (Phi) is 2.69. The molecule has 1 saturated heterocycles. The molecule has 1 nitrogen and oxygen atoms in total. The summed E-state index contributed by atoms with van der Waals surface area (Å²) in [6.07, 6.45) is 7.12. The lowest BCUT2D eigenvalue weighted by atomic mass is 9.71. The molecular weight excluding hydrogens is 218 g/mol. The summed E-state index contributed by atoms with van der Waals surface area (Å²) in [5, 5.41) is 0. The zero-order valence-corrected chi connectivity index (χ0v) is 11.1. The maximum atomic E-state index is 2.76. The molecule has 0 aromatic heterocycles. The molecule has 0 radical (unpaired) electrons. The number of likely N-dealkylation sites (tertiary alicyclic amines) is 1. The molecular formula is C17H23N. The molecule has 2 aliphatic carbocycles. The van der Waals surface area contributed by atoms with Crippen molar-refractivity contribution < 1.29 is 0 Å². The van der Waals surface area contributed by atoms with Crippen molar-refractivity contribution in [3.8, 4) is 0 Å². The molecule has 96 valence electrons. The Labute approximate surface area is 110 Å². The van der Waals surface area contributed by atoms with Crippen LogP contribution in [0.1, 0.15) is 42.7 Å². The maximum absolute atomic E-state index is 2.76. The van der Waals surface area contributed by atoms with E-state index in [9.17, 15) is 0 Å². The molecule has 2 atom stereocenters. The summed E-state index contributed by atoms with van der Waals surface area (Å²) >= 11 is 0. The lowest BCUT2D eigenvalue weighted by molar-refractivity contribution is 0.136. The number of aryl methyl sites for hydroxylation is 1. The topological polar surface area (TPSA) is 3.24 Å². The summed E-state index contributed by atoms with van der Waals surface area (Å²) in [7, 11) is 0. The van der Waals surface area contributed by atoms with Crippen LogP contribution in [0.15, 0.2) is 24.3 Å². The first-order valence-corrected chi connectivity index (χ1v) is 7.70. The quantitative estimate of drug-likeness (QED) is 0.766. The summed E-state index contributed by atoms with van der Waals surface area (Å²) in [5.41, 5.74) is 3.31. The highest BCUT2D eigenvalue weighted by atomic mass is 15.1. The van der Waals surface area contributed by atoms with Gasteiger partial charge in [-0.25, -0.2) is 0 Å². The zero-order valence-electron chi connectivity index (χ0n) is 11.1. The highest BCUT2D eigenvalue weighted by molar-refractivity contribution is 5.34. The molecule has 0 spiro atoms. The van der Waals surface area contributed by atoms with Gasteiger partial charge in [-0.2, -0.15) is 0 Å². The number of benzene rings is 1. The average Bonchev–Trinajstić information content (AvgIpc) is 3.22. The highest BCUT2D eigenvalue weighted by Crippen LogP contribution is 2.42. The van der Waals surface area contributed by atoms with Crippen molar-refractivity contribution in [3.63, 3.8) is 0 Å². The average molecular weight is 241 g/mol. The summed E-state index contributed by atoms with van der Waals surface area (Å²) in [5.74, 6) is 2.86. The van der Waals surface area contributed by atoms with Crippen molar-refractivity contribution in [2.45, 2.75) is 38.0 Å². The van der Waals surface area contributed by atoms with Gasteiger partial charge in [-0.05, 0) is 67.5 Å². The van der Waals surface area contributed by atoms with Gasteiger partial charge in [-0.15, -0.1) is 0 Å². The second-order valence-corrected chi connectivity index (χ2v) is 6.60. The monoisotopic (exact) mass is 241 g/mol. The first-order valence-electron chi connectivity index (χ1n) is 7.70. The molecule has 0 unspecified atom stereocenters. The second kappa shape index (κ2) is 4.38. The van der Waals surface area contributed by atoms with Crippen LogP contribution in [-0.4, -0.2) is 24.5 Å². The molecule has 2 fully saturated rings. The Morgan fingerprint density at radius 1 is 1.06 bits per heavy atom. The van der Waals surface area contributed by atoms with E-state index in [0.29, 0.717) is 0 Å². The summed E-state index contributed by atoms with van der Waals surface area (Å²) in [6.45, 7) is 4.10. The highest BCUT2D eigenvalue weighted by Gasteiger charge is 2.35. The van der Waals surface area contributed by atoms with Gasteiger partial charge in [0.2, 0.25) is 0 Å². The normalized spacial score (nSPS) is 31.8. The van der Waals surface area contributed by atoms with Crippen LogP contribution < -0.4 is 0 Å². The molecule has 1 heteroatoms. The number of rotatable bonds is 2. The Morgan fingerprint density at radius 2 is 1.94 bits per heavy atom. The molecule has 1 saturated carbocycles. The molecule has 3 aliphatic rings. The van der Waals surface area contributed by atoms with Gasteiger partial charge in [0, 0.05) is 13.1 Å². The van der Waals surface area contributed by atoms with E-state index in [1.54, 1.807) is 11.1 Å². The first kappa shape index (κ1) is 11.0. The summed E-state index contributed by atoms with van der Waals surface area (Å²) in [4.78, 5) is 2.76. The van der Waals surface area contributed by atoms with Crippen LogP contribution in [0.4, 0.5) is 0 Å². The number of piperidine rings is 1. The van der Waals surface area contributed by atoms with Gasteiger partial charge in [0.25, 0.3) is 0 Å². The molecule has 4 rings (SSSR count). The van der Waals surface area contributed by atoms with Crippen LogP contribution in [0.2, 0.25) is 0 Å². The lowest BCUT2D eigenvalue weighted by Crippen LogP contribution is -2.42. The van der Waals surface area contributed by atoms with Crippen LogP contribution in [0.25, 0.3) is 0 Å². The van der Waals surface area contributed by atoms with Gasteiger partial charge < -0.3 is 4.90 Å². The number of hydrogen-bond acceptors (Lipinski definition) is 1. The van der Waals surface area contributed by atoms with Gasteiger partial charge >= 0.3 is 0 Å². The van der Waals surface area contributed by atoms with Gasteiger partial charge in [-0.3, -0.25) is 0 Å². The third kappa shape index (κ3) is 1.99. The van der Waals surface area contributed by atoms with Crippen LogP contribution in [0, 0.1) is 11.8 Å². The Bertz CT molecular complexity index is 435. The third-order valence-corrected chi connectivity index (χ3v) is 5.27. The van der Waals surface area contributed by atoms with E-state index in [1.165, 1.54) is 51.7 Å². The van der Waals surface area contributed by atoms with E-state index in [0.717, 1.165) is 17.8 Å². The largest absolute Gasteiger partial charge is 0.303 e. The molecule has 1 aromatic rings. The third-order valence-electron chi connectivity index (χ3n) is 5.27. The minimum atomic E-state index is 0.866. The van der Waals surface area contributed by atoms with E-state index < -0.39 is 0 Å². The van der Waals surface area contributed by atoms with Gasteiger partial charge in [-0.1, -0.05) is 24.3 Å². The number of hydrogen-bond donors (Lipinski definition) is 0. The van der Waals surface area contributed by atoms with Crippen LogP contribution >= 0.6 is 0 Å². The zero-order chi connectivity index (χ0) is 11.9. The van der Waals surface area contributed by atoms with Gasteiger partial charge in [0.05, 0.1) is 0 Å². The van der Waals surface area contributed by atoms with Crippen LogP contribution in [-0.2, 0) is 6.42 Å². The molecule has 1 aliphatic heterocycles. The maximum Gasteiger partial charge on any atom is 0.00157 e.